The molecule has 2 N–H and O–H groups in total. The summed E-state index contributed by atoms with van der Waals surface area (Å²) in [4.78, 5) is 25.5. The minimum absolute atomic E-state index is 0.0187. The monoisotopic (exact) mass is 308 g/mol. The molecule has 114 valence electrons. The smallest absolute Gasteiger partial charge is 0.240 e. The highest BCUT2D eigenvalue weighted by Gasteiger charge is 2.31. The average molecular weight is 309 g/mol. The van der Waals surface area contributed by atoms with E-state index in [1.54, 1.807) is 4.90 Å². The number of likely N-dealkylation sites (tertiary alicyclic amines) is 1. The Morgan fingerprint density at radius 1 is 1.52 bits per heavy atom. The van der Waals surface area contributed by atoms with E-state index in [9.17, 15) is 9.59 Å². The van der Waals surface area contributed by atoms with Crippen LogP contribution in [-0.4, -0.2) is 29.3 Å². The van der Waals surface area contributed by atoms with Gasteiger partial charge in [-0.3, -0.25) is 9.59 Å². The molecule has 0 aromatic heterocycles. The summed E-state index contributed by atoms with van der Waals surface area (Å²) < 4.78 is 0. The second-order valence-corrected chi connectivity index (χ2v) is 5.95. The van der Waals surface area contributed by atoms with Crippen LogP contribution in [0.1, 0.15) is 44.1 Å². The number of hydrogen-bond donors (Lipinski definition) is 1. The molecule has 1 aliphatic rings. The quantitative estimate of drug-likeness (QED) is 0.929. The van der Waals surface area contributed by atoms with E-state index < -0.39 is 11.9 Å². The molecule has 0 saturated carbocycles. The normalized spacial score (nSPS) is 21.0. The van der Waals surface area contributed by atoms with Crippen molar-refractivity contribution in [2.75, 3.05) is 6.54 Å². The van der Waals surface area contributed by atoms with Gasteiger partial charge in [0.15, 0.2) is 0 Å². The van der Waals surface area contributed by atoms with E-state index in [4.69, 9.17) is 17.3 Å². The van der Waals surface area contributed by atoms with Gasteiger partial charge in [0.25, 0.3) is 0 Å². The first-order chi connectivity index (χ1) is 10.0. The number of hydrogen-bond acceptors (Lipinski definition) is 2. The molecule has 2 amide bonds. The number of primary amides is 1. The van der Waals surface area contributed by atoms with Crippen LogP contribution in [-0.2, 0) is 9.59 Å². The minimum atomic E-state index is -0.516. The van der Waals surface area contributed by atoms with Gasteiger partial charge < -0.3 is 10.6 Å². The van der Waals surface area contributed by atoms with E-state index in [-0.39, 0.29) is 11.8 Å². The van der Waals surface area contributed by atoms with Gasteiger partial charge in [-0.2, -0.15) is 0 Å². The predicted molar refractivity (Wildman–Crippen MR) is 83.0 cm³/mol. The standard InChI is InChI=1S/C16H21ClN2O2/c1-2-14(16(18)21)19-10-12(6-4-8-15(19)20)11-5-3-7-13(17)9-11/h3,5,7,9,12,14H,2,4,6,8,10H2,1H3,(H2,18,21). The summed E-state index contributed by atoms with van der Waals surface area (Å²) in [6.45, 7) is 2.41. The van der Waals surface area contributed by atoms with Crippen LogP contribution in [0.5, 0.6) is 0 Å². The third kappa shape index (κ3) is 3.76. The fourth-order valence-corrected chi connectivity index (χ4v) is 3.18. The van der Waals surface area contributed by atoms with Gasteiger partial charge in [-0.25, -0.2) is 0 Å². The molecule has 2 atom stereocenters. The zero-order chi connectivity index (χ0) is 15.4. The maximum absolute atomic E-state index is 12.3. The first kappa shape index (κ1) is 15.8. The largest absolute Gasteiger partial charge is 0.368 e. The van der Waals surface area contributed by atoms with Gasteiger partial charge in [-0.05, 0) is 37.0 Å². The van der Waals surface area contributed by atoms with Crippen molar-refractivity contribution >= 4 is 23.4 Å². The second kappa shape index (κ2) is 6.94. The Bertz CT molecular complexity index is 533. The molecule has 1 saturated heterocycles. The molecule has 0 aliphatic carbocycles. The summed E-state index contributed by atoms with van der Waals surface area (Å²) in [6.07, 6.45) is 2.75. The number of carbonyl (C=O) groups excluding carboxylic acids is 2. The van der Waals surface area contributed by atoms with Gasteiger partial charge in [-0.1, -0.05) is 30.7 Å². The molecule has 1 aromatic rings. The molecular formula is C16H21ClN2O2. The molecule has 5 heteroatoms. The van der Waals surface area contributed by atoms with Crippen LogP contribution >= 0.6 is 11.6 Å². The summed E-state index contributed by atoms with van der Waals surface area (Å²) in [5.74, 6) is -0.216. The van der Waals surface area contributed by atoms with Crippen molar-refractivity contribution in [3.05, 3.63) is 34.9 Å². The lowest BCUT2D eigenvalue weighted by atomic mass is 9.94. The number of rotatable bonds is 4. The summed E-state index contributed by atoms with van der Waals surface area (Å²) >= 11 is 6.06. The van der Waals surface area contributed by atoms with Gasteiger partial charge in [0.2, 0.25) is 11.8 Å². The Hall–Kier alpha value is -1.55. The van der Waals surface area contributed by atoms with E-state index in [1.807, 2.05) is 31.2 Å². The zero-order valence-electron chi connectivity index (χ0n) is 12.2. The second-order valence-electron chi connectivity index (χ2n) is 5.52. The van der Waals surface area contributed by atoms with Crippen LogP contribution in [0, 0.1) is 0 Å². The molecule has 0 spiro atoms. The highest BCUT2D eigenvalue weighted by Crippen LogP contribution is 2.29. The van der Waals surface area contributed by atoms with E-state index in [1.165, 1.54) is 0 Å². The molecule has 1 fully saturated rings. The van der Waals surface area contributed by atoms with E-state index in [2.05, 4.69) is 0 Å². The van der Waals surface area contributed by atoms with Crippen molar-refractivity contribution in [3.8, 4) is 0 Å². The Labute approximate surface area is 130 Å². The predicted octanol–water partition coefficient (Wildman–Crippen LogP) is 2.70. The minimum Gasteiger partial charge on any atom is -0.368 e. The van der Waals surface area contributed by atoms with Crippen molar-refractivity contribution in [2.24, 2.45) is 5.73 Å². The molecule has 0 bridgehead atoms. The number of carbonyl (C=O) groups is 2. The van der Waals surface area contributed by atoms with Crippen LogP contribution in [0.4, 0.5) is 0 Å². The van der Waals surface area contributed by atoms with Gasteiger partial charge in [0, 0.05) is 23.9 Å². The molecule has 1 aliphatic heterocycles. The number of benzene rings is 1. The van der Waals surface area contributed by atoms with Gasteiger partial charge in [0.1, 0.15) is 6.04 Å². The van der Waals surface area contributed by atoms with Crippen molar-refractivity contribution in [1.29, 1.82) is 0 Å². The molecule has 2 unspecified atom stereocenters. The van der Waals surface area contributed by atoms with Gasteiger partial charge in [-0.15, -0.1) is 0 Å². The highest BCUT2D eigenvalue weighted by atomic mass is 35.5. The Morgan fingerprint density at radius 2 is 2.29 bits per heavy atom. The topological polar surface area (TPSA) is 63.4 Å². The summed E-state index contributed by atoms with van der Waals surface area (Å²) in [7, 11) is 0. The van der Waals surface area contributed by atoms with E-state index in [0.29, 0.717) is 24.4 Å². The molecule has 2 rings (SSSR count). The van der Waals surface area contributed by atoms with Crippen LogP contribution in [0.25, 0.3) is 0 Å². The SMILES string of the molecule is CCC(C(N)=O)N1CC(c2cccc(Cl)c2)CCCC1=O. The van der Waals surface area contributed by atoms with Crippen LogP contribution in [0.3, 0.4) is 0 Å². The first-order valence-electron chi connectivity index (χ1n) is 7.37. The number of amides is 2. The maximum atomic E-state index is 12.3. The third-order valence-corrected chi connectivity index (χ3v) is 4.33. The van der Waals surface area contributed by atoms with Crippen LogP contribution in [0.15, 0.2) is 24.3 Å². The van der Waals surface area contributed by atoms with Gasteiger partial charge >= 0.3 is 0 Å². The van der Waals surface area contributed by atoms with E-state index in [0.717, 1.165) is 18.4 Å². The molecule has 1 heterocycles. The van der Waals surface area contributed by atoms with Crippen molar-refractivity contribution in [2.45, 2.75) is 44.6 Å². The molecule has 4 nitrogen and oxygen atoms in total. The average Bonchev–Trinajstić information content (AvgIpc) is 2.62. The van der Waals surface area contributed by atoms with Crippen LogP contribution < -0.4 is 5.73 Å². The Kier molecular flexibility index (Phi) is 5.23. The fraction of sp³-hybridized carbons (Fsp3) is 0.500. The molecule has 0 radical (unpaired) electrons. The van der Waals surface area contributed by atoms with Crippen molar-refractivity contribution < 1.29 is 9.59 Å². The lowest BCUT2D eigenvalue weighted by Gasteiger charge is -2.30. The maximum Gasteiger partial charge on any atom is 0.240 e. The number of nitrogens with zero attached hydrogens (tertiary/aromatic N) is 1. The highest BCUT2D eigenvalue weighted by molar-refractivity contribution is 6.30. The summed E-state index contributed by atoms with van der Waals surface area (Å²) in [6, 6.07) is 7.20. The lowest BCUT2D eigenvalue weighted by molar-refractivity contribution is -0.139. The first-order valence-corrected chi connectivity index (χ1v) is 7.75. The van der Waals surface area contributed by atoms with Crippen LogP contribution in [0.2, 0.25) is 5.02 Å². The third-order valence-electron chi connectivity index (χ3n) is 4.09. The Morgan fingerprint density at radius 3 is 2.90 bits per heavy atom. The number of nitrogens with two attached hydrogens (primary N) is 1. The molecule has 21 heavy (non-hydrogen) atoms. The fourth-order valence-electron chi connectivity index (χ4n) is 2.98. The van der Waals surface area contributed by atoms with Crippen molar-refractivity contribution in [3.63, 3.8) is 0 Å². The van der Waals surface area contributed by atoms with E-state index >= 15 is 0 Å². The lowest BCUT2D eigenvalue weighted by Crippen LogP contribution is -2.48. The molecular weight excluding hydrogens is 288 g/mol. The number of halogens is 1. The van der Waals surface area contributed by atoms with Gasteiger partial charge in [0.05, 0.1) is 0 Å². The molecule has 1 aromatic carbocycles. The van der Waals surface area contributed by atoms with Crippen molar-refractivity contribution in [1.82, 2.24) is 4.90 Å². The summed E-state index contributed by atoms with van der Waals surface area (Å²) in [5, 5.41) is 0.691. The summed E-state index contributed by atoms with van der Waals surface area (Å²) in [5.41, 5.74) is 6.56. The Balaban J connectivity index is 2.25. The zero-order valence-corrected chi connectivity index (χ0v) is 13.0.